The number of thioether (sulfide) groups is 1. The van der Waals surface area contributed by atoms with Crippen molar-refractivity contribution in [1.29, 1.82) is 0 Å². The number of benzene rings is 1. The van der Waals surface area contributed by atoms with Crippen molar-refractivity contribution in [3.63, 3.8) is 0 Å². The van der Waals surface area contributed by atoms with Gasteiger partial charge in [0, 0.05) is 41.2 Å². The van der Waals surface area contributed by atoms with E-state index in [1.54, 1.807) is 4.52 Å². The summed E-state index contributed by atoms with van der Waals surface area (Å²) >= 11 is 1.47. The Hall–Kier alpha value is -3.27. The van der Waals surface area contributed by atoms with Crippen LogP contribution in [-0.2, 0) is 24.2 Å². The molecule has 9 nitrogen and oxygen atoms in total. The lowest BCUT2D eigenvalue weighted by Gasteiger charge is -2.12. The highest BCUT2D eigenvalue weighted by molar-refractivity contribution is 7.98. The normalized spacial score (nSPS) is 13.7. The smallest absolute Gasteiger partial charge is 0.253 e. The van der Waals surface area contributed by atoms with Gasteiger partial charge in [0.25, 0.3) is 5.78 Å². The Bertz CT molecular complexity index is 1340. The van der Waals surface area contributed by atoms with Crippen molar-refractivity contribution in [3.05, 3.63) is 47.0 Å². The van der Waals surface area contributed by atoms with Gasteiger partial charge < -0.3 is 9.88 Å². The van der Waals surface area contributed by atoms with E-state index < -0.39 is 0 Å². The maximum atomic E-state index is 12.9. The van der Waals surface area contributed by atoms with E-state index in [1.807, 2.05) is 44.4 Å². The van der Waals surface area contributed by atoms with Crippen LogP contribution in [0.1, 0.15) is 42.0 Å². The standard InChI is InChI=1S/C23H26N8OS/c1-14-18(15(2)31-22(24-14)26-23(29-31)33-3)13-20(32)25-17-9-7-8-16(12-17)21-28-27-19-10-5-4-6-11-30(19)21/h7-9,12H,4-6,10-11,13H2,1-3H3,(H,25,32). The van der Waals surface area contributed by atoms with E-state index >= 15 is 0 Å². The SMILES string of the molecule is CSc1nc2nc(C)c(CC(=O)Nc3cccc(-c4nnc5n4CCCCC5)c3)c(C)n2n1. The predicted molar refractivity (Wildman–Crippen MR) is 127 cm³/mol. The summed E-state index contributed by atoms with van der Waals surface area (Å²) in [6.07, 6.45) is 6.60. The lowest BCUT2D eigenvalue weighted by Crippen LogP contribution is -2.18. The van der Waals surface area contributed by atoms with Gasteiger partial charge in [-0.2, -0.15) is 4.98 Å². The van der Waals surface area contributed by atoms with Gasteiger partial charge in [0.2, 0.25) is 11.1 Å². The second kappa shape index (κ2) is 8.93. The summed E-state index contributed by atoms with van der Waals surface area (Å²) in [4.78, 5) is 21.9. The Labute approximate surface area is 196 Å². The van der Waals surface area contributed by atoms with Gasteiger partial charge in [-0.25, -0.2) is 9.50 Å². The number of carbonyl (C=O) groups is 1. The van der Waals surface area contributed by atoms with E-state index in [9.17, 15) is 4.79 Å². The molecule has 1 aliphatic heterocycles. The van der Waals surface area contributed by atoms with E-state index in [0.717, 1.165) is 65.7 Å². The number of rotatable bonds is 5. The maximum absolute atomic E-state index is 12.9. The predicted octanol–water partition coefficient (Wildman–Crippen LogP) is 3.63. The summed E-state index contributed by atoms with van der Waals surface area (Å²) in [5.74, 6) is 2.35. The molecular weight excluding hydrogens is 436 g/mol. The zero-order valence-electron chi connectivity index (χ0n) is 19.0. The van der Waals surface area contributed by atoms with Crippen LogP contribution in [-0.4, -0.2) is 46.5 Å². The van der Waals surface area contributed by atoms with Crippen molar-refractivity contribution in [2.45, 2.75) is 57.7 Å². The van der Waals surface area contributed by atoms with Gasteiger partial charge in [-0.1, -0.05) is 30.3 Å². The molecule has 0 unspecified atom stereocenters. The Balaban J connectivity index is 1.37. The van der Waals surface area contributed by atoms with Crippen molar-refractivity contribution in [2.75, 3.05) is 11.6 Å². The number of fused-ring (bicyclic) bond motifs is 2. The van der Waals surface area contributed by atoms with Gasteiger partial charge in [0.05, 0.1) is 6.42 Å². The molecule has 1 aliphatic rings. The van der Waals surface area contributed by atoms with Gasteiger partial charge >= 0.3 is 0 Å². The quantitative estimate of drug-likeness (QED) is 0.452. The number of nitrogens with zero attached hydrogens (tertiary/aromatic N) is 7. The van der Waals surface area contributed by atoms with Crippen LogP contribution in [0.3, 0.4) is 0 Å². The van der Waals surface area contributed by atoms with Crippen molar-refractivity contribution < 1.29 is 4.79 Å². The second-order valence-corrected chi connectivity index (χ2v) is 9.05. The minimum Gasteiger partial charge on any atom is -0.326 e. The molecule has 0 spiro atoms. The summed E-state index contributed by atoms with van der Waals surface area (Å²) in [5, 5.41) is 17.0. The summed E-state index contributed by atoms with van der Waals surface area (Å²) in [7, 11) is 0. The molecule has 4 heterocycles. The summed E-state index contributed by atoms with van der Waals surface area (Å²) < 4.78 is 3.92. The largest absolute Gasteiger partial charge is 0.326 e. The van der Waals surface area contributed by atoms with Crippen molar-refractivity contribution in [1.82, 2.24) is 34.3 Å². The molecule has 0 saturated heterocycles. The fourth-order valence-corrected chi connectivity index (χ4v) is 4.67. The average molecular weight is 463 g/mol. The first-order valence-corrected chi connectivity index (χ1v) is 12.3. The molecule has 0 atom stereocenters. The second-order valence-electron chi connectivity index (χ2n) is 8.28. The van der Waals surface area contributed by atoms with Crippen molar-refractivity contribution >= 4 is 29.1 Å². The Kier molecular flexibility index (Phi) is 5.84. The third kappa shape index (κ3) is 4.22. The van der Waals surface area contributed by atoms with E-state index in [4.69, 9.17) is 0 Å². The van der Waals surface area contributed by atoms with Crippen molar-refractivity contribution in [3.8, 4) is 11.4 Å². The number of aryl methyl sites for hydroxylation is 3. The molecule has 10 heteroatoms. The third-order valence-corrected chi connectivity index (χ3v) is 6.60. The van der Waals surface area contributed by atoms with Crippen LogP contribution >= 0.6 is 11.8 Å². The molecule has 0 saturated carbocycles. The highest BCUT2D eigenvalue weighted by Gasteiger charge is 2.18. The number of carbonyl (C=O) groups excluding carboxylic acids is 1. The summed E-state index contributed by atoms with van der Waals surface area (Å²) in [6, 6.07) is 7.80. The number of anilines is 1. The molecule has 170 valence electrons. The summed E-state index contributed by atoms with van der Waals surface area (Å²) in [5.41, 5.74) is 4.21. The molecule has 5 rings (SSSR count). The van der Waals surface area contributed by atoms with Crippen LogP contribution in [0.25, 0.3) is 17.2 Å². The molecular formula is C23H26N8OS. The van der Waals surface area contributed by atoms with Crippen LogP contribution in [0, 0.1) is 13.8 Å². The molecule has 0 radical (unpaired) electrons. The molecule has 3 aromatic heterocycles. The molecule has 1 N–H and O–H groups in total. The molecule has 33 heavy (non-hydrogen) atoms. The number of amides is 1. The molecule has 0 aliphatic carbocycles. The first-order chi connectivity index (χ1) is 16.0. The number of aromatic nitrogens is 7. The first kappa shape index (κ1) is 21.6. The Morgan fingerprint density at radius 1 is 1.15 bits per heavy atom. The molecule has 0 bridgehead atoms. The number of nitrogens with one attached hydrogen (secondary N) is 1. The van der Waals surface area contributed by atoms with Crippen LogP contribution in [0.2, 0.25) is 0 Å². The maximum Gasteiger partial charge on any atom is 0.253 e. The number of hydrogen-bond acceptors (Lipinski definition) is 7. The molecule has 4 aromatic rings. The molecule has 1 aromatic carbocycles. The molecule has 1 amide bonds. The highest BCUT2D eigenvalue weighted by atomic mass is 32.2. The van der Waals surface area contributed by atoms with Gasteiger partial charge in [-0.05, 0) is 45.1 Å². The topological polar surface area (TPSA) is 103 Å². The highest BCUT2D eigenvalue weighted by Crippen LogP contribution is 2.25. The Morgan fingerprint density at radius 2 is 2.03 bits per heavy atom. The van der Waals surface area contributed by atoms with Crippen molar-refractivity contribution in [2.24, 2.45) is 0 Å². The van der Waals surface area contributed by atoms with E-state index in [2.05, 4.69) is 35.1 Å². The van der Waals surface area contributed by atoms with Gasteiger partial charge in [0.1, 0.15) is 5.82 Å². The Morgan fingerprint density at radius 3 is 2.88 bits per heavy atom. The lowest BCUT2D eigenvalue weighted by atomic mass is 10.1. The third-order valence-electron chi connectivity index (χ3n) is 6.06. The van der Waals surface area contributed by atoms with Gasteiger partial charge in [0.15, 0.2) is 5.82 Å². The average Bonchev–Trinajstić information content (AvgIpc) is 3.33. The van der Waals surface area contributed by atoms with Crippen LogP contribution < -0.4 is 5.32 Å². The van der Waals surface area contributed by atoms with E-state index in [0.29, 0.717) is 10.9 Å². The van der Waals surface area contributed by atoms with Gasteiger partial charge in [-0.3, -0.25) is 4.79 Å². The van der Waals surface area contributed by atoms with Crippen LogP contribution in [0.4, 0.5) is 5.69 Å². The molecule has 0 fully saturated rings. The van der Waals surface area contributed by atoms with Crippen LogP contribution in [0.15, 0.2) is 29.4 Å². The van der Waals surface area contributed by atoms with E-state index in [-0.39, 0.29) is 12.3 Å². The van der Waals surface area contributed by atoms with Crippen LogP contribution in [0.5, 0.6) is 0 Å². The monoisotopic (exact) mass is 462 g/mol. The summed E-state index contributed by atoms with van der Waals surface area (Å²) in [6.45, 7) is 4.78. The zero-order chi connectivity index (χ0) is 22.9. The fourth-order valence-electron chi connectivity index (χ4n) is 4.33. The number of hydrogen-bond donors (Lipinski definition) is 1. The zero-order valence-corrected chi connectivity index (χ0v) is 19.8. The first-order valence-electron chi connectivity index (χ1n) is 11.1. The van der Waals surface area contributed by atoms with E-state index in [1.165, 1.54) is 18.2 Å². The minimum atomic E-state index is -0.107. The lowest BCUT2D eigenvalue weighted by molar-refractivity contribution is -0.115. The van der Waals surface area contributed by atoms with Gasteiger partial charge in [-0.15, -0.1) is 15.3 Å². The fraction of sp³-hybridized carbons (Fsp3) is 0.391. The minimum absolute atomic E-state index is 0.107.